The minimum absolute atomic E-state index is 0. The lowest BCUT2D eigenvalue weighted by molar-refractivity contribution is -0.134. The number of nitrogens with zero attached hydrogens (tertiary/aromatic N) is 1. The molecule has 0 bridgehead atoms. The van der Waals surface area contributed by atoms with Gasteiger partial charge in [-0.25, -0.2) is 0 Å². The van der Waals surface area contributed by atoms with Crippen LogP contribution in [0.1, 0.15) is 35.6 Å². The normalized spacial score (nSPS) is 20.9. The minimum atomic E-state index is -0.100. The number of halogens is 1. The molecule has 0 radical (unpaired) electrons. The van der Waals surface area contributed by atoms with Crippen molar-refractivity contribution in [2.75, 3.05) is 20.8 Å². The summed E-state index contributed by atoms with van der Waals surface area (Å²) in [5, 5.41) is 3.53. The zero-order valence-electron chi connectivity index (χ0n) is 16.3. The summed E-state index contributed by atoms with van der Waals surface area (Å²) < 4.78 is 10.8. The molecule has 0 saturated carbocycles. The number of amides is 1. The molecule has 150 valence electrons. The van der Waals surface area contributed by atoms with Crippen molar-refractivity contribution < 1.29 is 14.3 Å². The minimum Gasteiger partial charge on any atom is -0.493 e. The van der Waals surface area contributed by atoms with E-state index in [1.54, 1.807) is 14.2 Å². The molecule has 0 aliphatic carbocycles. The number of carbonyl (C=O) groups is 1. The van der Waals surface area contributed by atoms with E-state index in [2.05, 4.69) is 29.6 Å². The maximum absolute atomic E-state index is 13.1. The third-order valence-corrected chi connectivity index (χ3v) is 5.68. The zero-order chi connectivity index (χ0) is 18.8. The van der Waals surface area contributed by atoms with Gasteiger partial charge in [-0.3, -0.25) is 10.1 Å². The van der Waals surface area contributed by atoms with Gasteiger partial charge in [-0.2, -0.15) is 0 Å². The zero-order valence-corrected chi connectivity index (χ0v) is 17.1. The fourth-order valence-corrected chi connectivity index (χ4v) is 4.18. The number of nitrogens with one attached hydrogen (secondary N) is 1. The second-order valence-corrected chi connectivity index (χ2v) is 7.25. The summed E-state index contributed by atoms with van der Waals surface area (Å²) in [6.45, 7) is 1.37. The van der Waals surface area contributed by atoms with Gasteiger partial charge in [0.15, 0.2) is 11.5 Å². The van der Waals surface area contributed by atoms with Gasteiger partial charge in [0.2, 0.25) is 5.91 Å². The van der Waals surface area contributed by atoms with Crippen LogP contribution in [0.4, 0.5) is 0 Å². The lowest BCUT2D eigenvalue weighted by Crippen LogP contribution is -2.46. The molecular weight excluding hydrogens is 376 g/mol. The third kappa shape index (κ3) is 3.96. The van der Waals surface area contributed by atoms with Crippen LogP contribution in [0.2, 0.25) is 0 Å². The first-order valence-electron chi connectivity index (χ1n) is 9.53. The van der Waals surface area contributed by atoms with Crippen molar-refractivity contribution in [3.63, 3.8) is 0 Å². The molecule has 2 aromatic carbocycles. The monoisotopic (exact) mass is 402 g/mol. The van der Waals surface area contributed by atoms with E-state index in [4.69, 9.17) is 9.47 Å². The Morgan fingerprint density at radius 3 is 2.39 bits per heavy atom. The summed E-state index contributed by atoms with van der Waals surface area (Å²) >= 11 is 0. The van der Waals surface area contributed by atoms with Gasteiger partial charge in [0.05, 0.1) is 20.3 Å². The first-order valence-corrected chi connectivity index (χ1v) is 9.53. The van der Waals surface area contributed by atoms with Crippen LogP contribution in [0.15, 0.2) is 42.5 Å². The van der Waals surface area contributed by atoms with E-state index in [0.29, 0.717) is 12.3 Å². The van der Waals surface area contributed by atoms with Crippen LogP contribution in [0.25, 0.3) is 0 Å². The van der Waals surface area contributed by atoms with Gasteiger partial charge in [-0.15, -0.1) is 12.4 Å². The summed E-state index contributed by atoms with van der Waals surface area (Å²) in [4.78, 5) is 15.0. The average molecular weight is 403 g/mol. The number of methoxy groups -OCH3 is 2. The molecule has 0 aromatic heterocycles. The lowest BCUT2D eigenvalue weighted by atomic mass is 9.98. The smallest absolute Gasteiger partial charge is 0.240 e. The molecule has 1 saturated heterocycles. The molecule has 4 rings (SSSR count). The standard InChI is InChI=1S/C22H26N2O3.ClH/c1-26-20-12-16-10-11-24(14-17(16)13-21(20)27-2)22(25)19-9-8-18(23-19)15-6-4-3-5-7-15;/h3-7,12-13,18-19,23H,8-11,14H2,1-2H3;1H/t18-,19-;/m1./s1. The first-order chi connectivity index (χ1) is 13.2. The molecule has 2 aromatic rings. The molecule has 0 unspecified atom stereocenters. The molecular formula is C22H27ClN2O3. The van der Waals surface area contributed by atoms with Crippen molar-refractivity contribution in [2.24, 2.45) is 0 Å². The Labute approximate surface area is 172 Å². The number of carbonyl (C=O) groups excluding carboxylic acids is 1. The average Bonchev–Trinajstić information content (AvgIpc) is 3.22. The summed E-state index contributed by atoms with van der Waals surface area (Å²) in [5.74, 6) is 1.67. The number of hydrogen-bond acceptors (Lipinski definition) is 4. The summed E-state index contributed by atoms with van der Waals surface area (Å²) in [5.41, 5.74) is 3.64. The molecule has 1 amide bonds. The largest absolute Gasteiger partial charge is 0.493 e. The Hall–Kier alpha value is -2.24. The maximum atomic E-state index is 13.1. The van der Waals surface area contributed by atoms with E-state index in [1.807, 2.05) is 23.1 Å². The van der Waals surface area contributed by atoms with Crippen LogP contribution < -0.4 is 14.8 Å². The molecule has 1 fully saturated rings. The second-order valence-electron chi connectivity index (χ2n) is 7.25. The fraction of sp³-hybridized carbons (Fsp3) is 0.409. The van der Waals surface area contributed by atoms with Gasteiger partial charge in [-0.05, 0) is 48.1 Å². The number of hydrogen-bond donors (Lipinski definition) is 1. The van der Waals surface area contributed by atoms with Crippen LogP contribution in [-0.2, 0) is 17.8 Å². The highest BCUT2D eigenvalue weighted by atomic mass is 35.5. The van der Waals surface area contributed by atoms with E-state index in [9.17, 15) is 4.79 Å². The molecule has 2 aliphatic heterocycles. The van der Waals surface area contributed by atoms with Gasteiger partial charge in [0.1, 0.15) is 0 Å². The first kappa shape index (κ1) is 20.5. The predicted octanol–water partition coefficient (Wildman–Crippen LogP) is 3.50. The van der Waals surface area contributed by atoms with Crippen LogP contribution in [-0.4, -0.2) is 37.6 Å². The molecule has 28 heavy (non-hydrogen) atoms. The van der Waals surface area contributed by atoms with Crippen molar-refractivity contribution in [2.45, 2.75) is 37.9 Å². The van der Waals surface area contributed by atoms with E-state index in [-0.39, 0.29) is 30.4 Å². The van der Waals surface area contributed by atoms with E-state index < -0.39 is 0 Å². The quantitative estimate of drug-likeness (QED) is 0.850. The topological polar surface area (TPSA) is 50.8 Å². The third-order valence-electron chi connectivity index (χ3n) is 5.68. The van der Waals surface area contributed by atoms with Crippen molar-refractivity contribution in [3.05, 3.63) is 59.2 Å². The Kier molecular flexibility index (Phi) is 6.47. The summed E-state index contributed by atoms with van der Waals surface area (Å²) in [7, 11) is 3.29. The molecule has 2 aliphatic rings. The van der Waals surface area contributed by atoms with Crippen LogP contribution in [0.3, 0.4) is 0 Å². The van der Waals surface area contributed by atoms with Gasteiger partial charge in [-0.1, -0.05) is 30.3 Å². The van der Waals surface area contributed by atoms with Crippen LogP contribution >= 0.6 is 12.4 Å². The van der Waals surface area contributed by atoms with Crippen LogP contribution in [0, 0.1) is 0 Å². The Balaban J connectivity index is 0.00000225. The van der Waals surface area contributed by atoms with E-state index in [0.717, 1.165) is 37.1 Å². The molecule has 2 atom stereocenters. The molecule has 6 heteroatoms. The Morgan fingerprint density at radius 2 is 1.71 bits per heavy atom. The molecule has 0 spiro atoms. The van der Waals surface area contributed by atoms with E-state index >= 15 is 0 Å². The molecule has 1 N–H and O–H groups in total. The van der Waals surface area contributed by atoms with Crippen molar-refractivity contribution in [3.8, 4) is 11.5 Å². The molecule has 5 nitrogen and oxygen atoms in total. The highest BCUT2D eigenvalue weighted by Gasteiger charge is 2.34. The lowest BCUT2D eigenvalue weighted by Gasteiger charge is -2.31. The predicted molar refractivity (Wildman–Crippen MR) is 111 cm³/mol. The summed E-state index contributed by atoms with van der Waals surface area (Å²) in [6.07, 6.45) is 2.72. The number of ether oxygens (including phenoxy) is 2. The van der Waals surface area contributed by atoms with Gasteiger partial charge in [0, 0.05) is 19.1 Å². The van der Waals surface area contributed by atoms with Gasteiger partial charge >= 0.3 is 0 Å². The fourth-order valence-electron chi connectivity index (χ4n) is 4.18. The highest BCUT2D eigenvalue weighted by molar-refractivity contribution is 5.85. The number of fused-ring (bicyclic) bond motifs is 1. The highest BCUT2D eigenvalue weighted by Crippen LogP contribution is 2.34. The number of rotatable bonds is 4. The van der Waals surface area contributed by atoms with Crippen molar-refractivity contribution >= 4 is 18.3 Å². The van der Waals surface area contributed by atoms with Crippen LogP contribution in [0.5, 0.6) is 11.5 Å². The Morgan fingerprint density at radius 1 is 1.04 bits per heavy atom. The molecule has 2 heterocycles. The number of benzene rings is 2. The van der Waals surface area contributed by atoms with Gasteiger partial charge in [0.25, 0.3) is 0 Å². The maximum Gasteiger partial charge on any atom is 0.240 e. The second kappa shape index (κ2) is 8.84. The SMILES string of the molecule is COc1cc2c(cc1OC)CN(C(=O)[C@H]1CC[C@H](c3ccccc3)N1)CC2.Cl. The summed E-state index contributed by atoms with van der Waals surface area (Å²) in [6, 6.07) is 14.6. The van der Waals surface area contributed by atoms with Gasteiger partial charge < -0.3 is 14.4 Å². The Bertz CT molecular complexity index is 828. The van der Waals surface area contributed by atoms with Crippen molar-refractivity contribution in [1.29, 1.82) is 0 Å². The van der Waals surface area contributed by atoms with Crippen molar-refractivity contribution in [1.82, 2.24) is 10.2 Å². The van der Waals surface area contributed by atoms with E-state index in [1.165, 1.54) is 11.1 Å².